The van der Waals surface area contributed by atoms with Crippen LogP contribution in [-0.4, -0.2) is 36.1 Å². The van der Waals surface area contributed by atoms with Crippen LogP contribution in [0.3, 0.4) is 0 Å². The smallest absolute Gasteiger partial charge is 0.416 e. The summed E-state index contributed by atoms with van der Waals surface area (Å²) in [7, 11) is -4.01. The Labute approximate surface area is 198 Å². The summed E-state index contributed by atoms with van der Waals surface area (Å²) in [5.41, 5.74) is -0.168. The number of carboxylic acid groups (broad SMARTS) is 1. The lowest BCUT2D eigenvalue weighted by Crippen LogP contribution is -2.22. The molecule has 35 heavy (non-hydrogen) atoms. The summed E-state index contributed by atoms with van der Waals surface area (Å²) in [5.74, 6) is -3.08. The first-order valence-corrected chi connectivity index (χ1v) is 12.6. The third-order valence-corrected chi connectivity index (χ3v) is 7.49. The molecular formula is C24H21F4NO5S. The molecule has 2 atom stereocenters. The minimum Gasteiger partial charge on any atom is -0.481 e. The van der Waals surface area contributed by atoms with Crippen LogP contribution in [0.25, 0.3) is 10.9 Å². The standard InChI is InChI=1S/C24H21F4NO5S/c1-12(13-3-6-15(7-4-13)24(26,27)28)29-22-14(9-20(31)32)5-8-18(30)21(22)17-10-16(25)11-19(23(17)29)35(2,33)34/h3-4,6-7,10-12,14H,5,8-9H2,1-2H3,(H,31,32)/t12-,14+/m0/s1. The number of ketones is 1. The summed E-state index contributed by atoms with van der Waals surface area (Å²) >= 11 is 0. The lowest BCUT2D eigenvalue weighted by Gasteiger charge is -2.27. The number of hydrogen-bond donors (Lipinski definition) is 1. The van der Waals surface area contributed by atoms with E-state index in [2.05, 4.69) is 0 Å². The highest BCUT2D eigenvalue weighted by atomic mass is 32.2. The predicted octanol–water partition coefficient (Wildman–Crippen LogP) is 5.35. The van der Waals surface area contributed by atoms with Gasteiger partial charge >= 0.3 is 12.1 Å². The Morgan fingerprint density at radius 2 is 1.83 bits per heavy atom. The van der Waals surface area contributed by atoms with Gasteiger partial charge in [0.15, 0.2) is 15.6 Å². The molecule has 0 saturated heterocycles. The van der Waals surface area contributed by atoms with E-state index >= 15 is 0 Å². The zero-order valence-electron chi connectivity index (χ0n) is 18.7. The fourth-order valence-electron chi connectivity index (χ4n) is 4.85. The van der Waals surface area contributed by atoms with Crippen LogP contribution in [0.1, 0.15) is 65.3 Å². The number of carbonyl (C=O) groups is 2. The van der Waals surface area contributed by atoms with E-state index in [9.17, 15) is 40.7 Å². The van der Waals surface area contributed by atoms with Crippen LogP contribution >= 0.6 is 0 Å². The van der Waals surface area contributed by atoms with Crippen LogP contribution in [0.15, 0.2) is 41.3 Å². The zero-order chi connectivity index (χ0) is 25.9. The van der Waals surface area contributed by atoms with Gasteiger partial charge in [0.2, 0.25) is 0 Å². The minimum atomic E-state index is -4.55. The summed E-state index contributed by atoms with van der Waals surface area (Å²) < 4.78 is 80.5. The second-order valence-corrected chi connectivity index (χ2v) is 10.7. The first-order chi connectivity index (χ1) is 16.2. The van der Waals surface area contributed by atoms with Gasteiger partial charge in [-0.3, -0.25) is 9.59 Å². The van der Waals surface area contributed by atoms with Crippen molar-refractivity contribution < 1.29 is 40.7 Å². The topological polar surface area (TPSA) is 93.4 Å². The third-order valence-electron chi connectivity index (χ3n) is 6.38. The number of nitrogens with zero attached hydrogens (tertiary/aromatic N) is 1. The van der Waals surface area contributed by atoms with Crippen molar-refractivity contribution in [3.63, 3.8) is 0 Å². The second-order valence-electron chi connectivity index (χ2n) is 8.75. The largest absolute Gasteiger partial charge is 0.481 e. The maximum Gasteiger partial charge on any atom is 0.416 e. The van der Waals surface area contributed by atoms with E-state index in [1.54, 1.807) is 6.92 Å². The maximum atomic E-state index is 14.5. The van der Waals surface area contributed by atoms with Crippen molar-refractivity contribution in [2.45, 2.75) is 49.2 Å². The number of Topliss-reactive ketones (excluding diaryl/α,β-unsaturated/α-hetero) is 1. The molecule has 1 N–H and O–H groups in total. The molecule has 0 radical (unpaired) electrons. The number of aliphatic carboxylic acids is 1. The van der Waals surface area contributed by atoms with E-state index < -0.39 is 45.3 Å². The SMILES string of the molecule is C[C@@H](c1ccc(C(F)(F)F)cc1)n1c2c(c3cc(F)cc(S(C)(=O)=O)c31)C(=O)CC[C@@H]2CC(=O)O. The molecule has 6 nitrogen and oxygen atoms in total. The fourth-order valence-corrected chi connectivity index (χ4v) is 5.73. The van der Waals surface area contributed by atoms with Crippen molar-refractivity contribution in [3.05, 3.63) is 64.6 Å². The quantitative estimate of drug-likeness (QED) is 0.467. The number of carbonyl (C=O) groups excluding carboxylic acids is 1. The van der Waals surface area contributed by atoms with Gasteiger partial charge in [-0.1, -0.05) is 12.1 Å². The molecule has 1 aromatic heterocycles. The number of hydrogen-bond acceptors (Lipinski definition) is 4. The number of sulfone groups is 1. The molecule has 0 fully saturated rings. The number of alkyl halides is 3. The number of carboxylic acids is 1. The normalized spacial score (nSPS) is 17.4. The Hall–Kier alpha value is -3.21. The highest BCUT2D eigenvalue weighted by molar-refractivity contribution is 7.91. The molecule has 186 valence electrons. The van der Waals surface area contributed by atoms with Gasteiger partial charge in [0.25, 0.3) is 0 Å². The van der Waals surface area contributed by atoms with E-state index in [1.165, 1.54) is 16.7 Å². The molecule has 0 aliphatic heterocycles. The maximum absolute atomic E-state index is 14.5. The fraction of sp³-hybridized carbons (Fsp3) is 0.333. The molecule has 0 amide bonds. The number of rotatable bonds is 5. The van der Waals surface area contributed by atoms with Crippen molar-refractivity contribution in [2.75, 3.05) is 6.26 Å². The second kappa shape index (κ2) is 8.47. The molecule has 1 aliphatic rings. The number of benzene rings is 2. The van der Waals surface area contributed by atoms with E-state index in [0.717, 1.165) is 30.5 Å². The van der Waals surface area contributed by atoms with Crippen LogP contribution in [0.5, 0.6) is 0 Å². The van der Waals surface area contributed by atoms with Gasteiger partial charge < -0.3 is 9.67 Å². The Morgan fingerprint density at radius 1 is 1.20 bits per heavy atom. The van der Waals surface area contributed by atoms with Gasteiger partial charge in [-0.2, -0.15) is 13.2 Å². The molecule has 1 heterocycles. The lowest BCUT2D eigenvalue weighted by molar-refractivity contribution is -0.138. The van der Waals surface area contributed by atoms with Crippen molar-refractivity contribution >= 4 is 32.5 Å². The molecular weight excluding hydrogens is 490 g/mol. The highest BCUT2D eigenvalue weighted by Crippen LogP contribution is 2.45. The Morgan fingerprint density at radius 3 is 2.37 bits per heavy atom. The Bertz CT molecular complexity index is 1460. The van der Waals surface area contributed by atoms with E-state index in [0.29, 0.717) is 5.56 Å². The molecule has 2 aromatic carbocycles. The molecule has 3 aromatic rings. The van der Waals surface area contributed by atoms with Gasteiger partial charge in [-0.15, -0.1) is 0 Å². The van der Waals surface area contributed by atoms with Crippen molar-refractivity contribution in [2.24, 2.45) is 0 Å². The third kappa shape index (κ3) is 4.44. The van der Waals surface area contributed by atoms with Gasteiger partial charge in [0.05, 0.1) is 28.4 Å². The van der Waals surface area contributed by atoms with Crippen LogP contribution in [0.2, 0.25) is 0 Å². The summed E-state index contributed by atoms with van der Waals surface area (Å²) in [6.07, 6.45) is -3.83. The van der Waals surface area contributed by atoms with Crippen molar-refractivity contribution in [1.29, 1.82) is 0 Å². The Kier molecular flexibility index (Phi) is 6.03. The highest BCUT2D eigenvalue weighted by Gasteiger charge is 2.37. The summed E-state index contributed by atoms with van der Waals surface area (Å²) in [4.78, 5) is 24.2. The van der Waals surface area contributed by atoms with Crippen molar-refractivity contribution in [3.8, 4) is 0 Å². The first kappa shape index (κ1) is 24.9. The summed E-state index contributed by atoms with van der Waals surface area (Å²) in [6.45, 7) is 1.61. The average Bonchev–Trinajstić information content (AvgIpc) is 3.09. The average molecular weight is 511 g/mol. The van der Waals surface area contributed by atoms with Crippen LogP contribution in [0.4, 0.5) is 17.6 Å². The van der Waals surface area contributed by atoms with Crippen LogP contribution in [-0.2, 0) is 20.8 Å². The lowest BCUT2D eigenvalue weighted by atomic mass is 9.83. The molecule has 0 saturated carbocycles. The van der Waals surface area contributed by atoms with E-state index in [-0.39, 0.29) is 52.1 Å². The van der Waals surface area contributed by atoms with Gasteiger partial charge in [0, 0.05) is 35.2 Å². The van der Waals surface area contributed by atoms with Crippen molar-refractivity contribution in [1.82, 2.24) is 4.57 Å². The molecule has 11 heteroatoms. The van der Waals surface area contributed by atoms with Gasteiger partial charge in [-0.25, -0.2) is 12.8 Å². The first-order valence-electron chi connectivity index (χ1n) is 10.7. The molecule has 0 bridgehead atoms. The molecule has 4 rings (SSSR count). The molecule has 1 aliphatic carbocycles. The molecule has 0 spiro atoms. The van der Waals surface area contributed by atoms with Crippen LogP contribution in [0, 0.1) is 5.82 Å². The molecule has 0 unspecified atom stereocenters. The summed E-state index contributed by atoms with van der Waals surface area (Å²) in [6, 6.07) is 5.34. The van der Waals surface area contributed by atoms with E-state index in [1.807, 2.05) is 0 Å². The Balaban J connectivity index is 2.08. The van der Waals surface area contributed by atoms with Gasteiger partial charge in [0.1, 0.15) is 5.82 Å². The van der Waals surface area contributed by atoms with E-state index in [4.69, 9.17) is 0 Å². The summed E-state index contributed by atoms with van der Waals surface area (Å²) in [5, 5.41) is 9.50. The monoisotopic (exact) mass is 511 g/mol. The number of halogens is 4. The van der Waals surface area contributed by atoms with Crippen LogP contribution < -0.4 is 0 Å². The van der Waals surface area contributed by atoms with Gasteiger partial charge in [-0.05, 0) is 43.2 Å². The number of fused-ring (bicyclic) bond motifs is 3. The predicted molar refractivity (Wildman–Crippen MR) is 119 cm³/mol. The zero-order valence-corrected chi connectivity index (χ0v) is 19.5. The minimum absolute atomic E-state index is 0.00341. The number of aromatic nitrogens is 1.